The first kappa shape index (κ1) is 14.8. The van der Waals surface area contributed by atoms with Crippen LogP contribution in [0.1, 0.15) is 20.3 Å². The first-order chi connectivity index (χ1) is 8.48. The van der Waals surface area contributed by atoms with Gasteiger partial charge in [-0.3, -0.25) is 0 Å². The standard InChI is InChI=1S/C16H22OSi/c1-5-9-15(17)13-12-14(2)18(3,4)16-10-7-6-8-11-16/h6-8,10-12,15,17H,13H2,1-4H3/b14-12+. The maximum absolute atomic E-state index is 9.63. The van der Waals surface area contributed by atoms with Gasteiger partial charge >= 0.3 is 0 Å². The zero-order valence-corrected chi connectivity index (χ0v) is 12.7. The summed E-state index contributed by atoms with van der Waals surface area (Å²) in [6.07, 6.45) is 2.23. The third kappa shape index (κ3) is 3.87. The topological polar surface area (TPSA) is 20.2 Å². The summed E-state index contributed by atoms with van der Waals surface area (Å²) in [5, 5.41) is 12.5. The number of hydrogen-bond donors (Lipinski definition) is 1. The van der Waals surface area contributed by atoms with Crippen molar-refractivity contribution in [2.75, 3.05) is 0 Å². The van der Waals surface area contributed by atoms with Gasteiger partial charge < -0.3 is 5.11 Å². The number of allylic oxidation sites excluding steroid dienone is 1. The Bertz CT molecular complexity index is 463. The van der Waals surface area contributed by atoms with Crippen LogP contribution in [0.2, 0.25) is 13.1 Å². The molecule has 1 rings (SSSR count). The summed E-state index contributed by atoms with van der Waals surface area (Å²) in [5.41, 5.74) is 0. The largest absolute Gasteiger partial charge is 0.380 e. The molecule has 0 aliphatic rings. The van der Waals surface area contributed by atoms with E-state index in [0.717, 1.165) is 0 Å². The molecule has 0 amide bonds. The van der Waals surface area contributed by atoms with Crippen LogP contribution in [0.15, 0.2) is 41.6 Å². The lowest BCUT2D eigenvalue weighted by atomic mass is 10.2. The number of aliphatic hydroxyl groups excluding tert-OH is 1. The first-order valence-electron chi connectivity index (χ1n) is 6.31. The van der Waals surface area contributed by atoms with Crippen LogP contribution < -0.4 is 5.19 Å². The van der Waals surface area contributed by atoms with Gasteiger partial charge in [0.15, 0.2) is 0 Å². The van der Waals surface area contributed by atoms with E-state index in [0.29, 0.717) is 6.42 Å². The van der Waals surface area contributed by atoms with Crippen LogP contribution in [0.5, 0.6) is 0 Å². The molecule has 1 unspecified atom stereocenters. The zero-order chi connectivity index (χ0) is 13.6. The minimum atomic E-state index is -1.57. The number of aliphatic hydroxyl groups is 1. The molecule has 1 aromatic rings. The summed E-state index contributed by atoms with van der Waals surface area (Å²) in [6, 6.07) is 10.6. The van der Waals surface area contributed by atoms with E-state index in [1.54, 1.807) is 6.92 Å². The Hall–Kier alpha value is -1.30. The van der Waals surface area contributed by atoms with Crippen LogP contribution in [0.3, 0.4) is 0 Å². The van der Waals surface area contributed by atoms with Crippen molar-refractivity contribution in [3.05, 3.63) is 41.6 Å². The van der Waals surface area contributed by atoms with Gasteiger partial charge in [0, 0.05) is 6.42 Å². The average molecular weight is 258 g/mol. The van der Waals surface area contributed by atoms with Crippen molar-refractivity contribution in [1.29, 1.82) is 0 Å². The van der Waals surface area contributed by atoms with Crippen molar-refractivity contribution >= 4 is 13.3 Å². The molecule has 2 heteroatoms. The van der Waals surface area contributed by atoms with Crippen LogP contribution in [0.25, 0.3) is 0 Å². The van der Waals surface area contributed by atoms with Gasteiger partial charge in [0.2, 0.25) is 0 Å². The Morgan fingerprint density at radius 2 is 1.94 bits per heavy atom. The summed E-state index contributed by atoms with van der Waals surface area (Å²) >= 11 is 0. The Kier molecular flexibility index (Phi) is 5.40. The van der Waals surface area contributed by atoms with E-state index in [2.05, 4.69) is 62.2 Å². The van der Waals surface area contributed by atoms with Crippen molar-refractivity contribution in [2.24, 2.45) is 0 Å². The van der Waals surface area contributed by atoms with Crippen molar-refractivity contribution in [3.8, 4) is 11.8 Å². The van der Waals surface area contributed by atoms with E-state index in [4.69, 9.17) is 0 Å². The van der Waals surface area contributed by atoms with Gasteiger partial charge in [-0.2, -0.15) is 0 Å². The fourth-order valence-electron chi connectivity index (χ4n) is 1.85. The summed E-state index contributed by atoms with van der Waals surface area (Å²) in [7, 11) is -1.57. The molecule has 0 bridgehead atoms. The molecule has 96 valence electrons. The molecule has 1 nitrogen and oxygen atoms in total. The Labute approximate surface area is 112 Å². The molecule has 0 fully saturated rings. The van der Waals surface area contributed by atoms with E-state index in [1.165, 1.54) is 10.4 Å². The van der Waals surface area contributed by atoms with Gasteiger partial charge in [-0.25, -0.2) is 0 Å². The molecule has 1 N–H and O–H groups in total. The van der Waals surface area contributed by atoms with Gasteiger partial charge in [0.1, 0.15) is 14.2 Å². The van der Waals surface area contributed by atoms with Crippen molar-refractivity contribution < 1.29 is 5.11 Å². The third-order valence-electron chi connectivity index (χ3n) is 3.44. The van der Waals surface area contributed by atoms with E-state index in [1.807, 2.05) is 6.07 Å². The summed E-state index contributed by atoms with van der Waals surface area (Å²) in [4.78, 5) is 0. The highest BCUT2D eigenvalue weighted by molar-refractivity contribution is 6.95. The fraction of sp³-hybridized carbons (Fsp3) is 0.375. The van der Waals surface area contributed by atoms with Crippen LogP contribution in [0.4, 0.5) is 0 Å². The molecule has 0 aliphatic carbocycles. The number of rotatable bonds is 4. The smallest absolute Gasteiger partial charge is 0.118 e. The predicted octanol–water partition coefficient (Wildman–Crippen LogP) is 2.86. The Morgan fingerprint density at radius 3 is 2.50 bits per heavy atom. The molecular weight excluding hydrogens is 236 g/mol. The maximum Gasteiger partial charge on any atom is 0.118 e. The molecule has 0 radical (unpaired) electrons. The third-order valence-corrected chi connectivity index (χ3v) is 7.39. The quantitative estimate of drug-likeness (QED) is 0.650. The Balaban J connectivity index is 2.84. The molecule has 1 aromatic carbocycles. The summed E-state index contributed by atoms with van der Waals surface area (Å²) in [5.74, 6) is 5.51. The molecule has 18 heavy (non-hydrogen) atoms. The van der Waals surface area contributed by atoms with Crippen LogP contribution >= 0.6 is 0 Å². The number of hydrogen-bond acceptors (Lipinski definition) is 1. The molecule has 0 aromatic heterocycles. The van der Waals surface area contributed by atoms with Gasteiger partial charge in [-0.1, -0.05) is 65.8 Å². The average Bonchev–Trinajstić information content (AvgIpc) is 2.37. The van der Waals surface area contributed by atoms with Gasteiger partial charge in [0.05, 0.1) is 0 Å². The minimum absolute atomic E-state index is 0.537. The Morgan fingerprint density at radius 1 is 1.33 bits per heavy atom. The second-order valence-electron chi connectivity index (χ2n) is 5.02. The molecule has 0 saturated carbocycles. The van der Waals surface area contributed by atoms with Gasteiger partial charge in [-0.05, 0) is 13.8 Å². The highest BCUT2D eigenvalue weighted by Gasteiger charge is 2.24. The SMILES string of the molecule is CC#CC(O)C/C=C(\C)[Si](C)(C)c1ccccc1. The van der Waals surface area contributed by atoms with Gasteiger partial charge in [-0.15, -0.1) is 5.92 Å². The second kappa shape index (κ2) is 6.58. The summed E-state index contributed by atoms with van der Waals surface area (Å²) < 4.78 is 0. The molecule has 0 spiro atoms. The zero-order valence-electron chi connectivity index (χ0n) is 11.7. The van der Waals surface area contributed by atoms with Gasteiger partial charge in [0.25, 0.3) is 0 Å². The van der Waals surface area contributed by atoms with E-state index in [-0.39, 0.29) is 0 Å². The maximum atomic E-state index is 9.63. The first-order valence-corrected chi connectivity index (χ1v) is 9.31. The lowest BCUT2D eigenvalue weighted by Crippen LogP contribution is -2.42. The van der Waals surface area contributed by atoms with E-state index < -0.39 is 14.2 Å². The highest BCUT2D eigenvalue weighted by Crippen LogP contribution is 2.15. The lowest BCUT2D eigenvalue weighted by molar-refractivity contribution is 0.236. The molecule has 0 saturated heterocycles. The molecule has 0 aliphatic heterocycles. The predicted molar refractivity (Wildman–Crippen MR) is 81.4 cm³/mol. The fourth-order valence-corrected chi connectivity index (χ4v) is 3.96. The minimum Gasteiger partial charge on any atom is -0.380 e. The second-order valence-corrected chi connectivity index (χ2v) is 9.64. The van der Waals surface area contributed by atoms with Crippen molar-refractivity contribution in [3.63, 3.8) is 0 Å². The molecule has 1 atom stereocenters. The lowest BCUT2D eigenvalue weighted by Gasteiger charge is -2.24. The highest BCUT2D eigenvalue weighted by atomic mass is 28.3. The molecular formula is C16H22OSi. The van der Waals surface area contributed by atoms with Crippen LogP contribution in [-0.4, -0.2) is 19.3 Å². The van der Waals surface area contributed by atoms with Crippen LogP contribution in [-0.2, 0) is 0 Å². The van der Waals surface area contributed by atoms with Crippen molar-refractivity contribution in [2.45, 2.75) is 39.5 Å². The monoisotopic (exact) mass is 258 g/mol. The summed E-state index contributed by atoms with van der Waals surface area (Å²) in [6.45, 7) is 8.60. The normalized spacial score (nSPS) is 13.7. The van der Waals surface area contributed by atoms with Crippen LogP contribution in [0, 0.1) is 11.8 Å². The van der Waals surface area contributed by atoms with E-state index >= 15 is 0 Å². The van der Waals surface area contributed by atoms with E-state index in [9.17, 15) is 5.11 Å². The van der Waals surface area contributed by atoms with Crippen molar-refractivity contribution in [1.82, 2.24) is 0 Å². The number of benzene rings is 1. The molecule has 0 heterocycles.